The third-order valence-corrected chi connectivity index (χ3v) is 3.03. The van der Waals surface area contributed by atoms with E-state index in [2.05, 4.69) is 4.90 Å². The zero-order valence-electron chi connectivity index (χ0n) is 9.52. The second-order valence-corrected chi connectivity index (χ2v) is 3.88. The normalized spacial score (nSPS) is 22.1. The number of hydrogen-bond acceptors (Lipinski definition) is 4. The SMILES string of the molecule is CCC(CC(=O)O)N1CC(OC)(OC)C1. The lowest BCUT2D eigenvalue weighted by Crippen LogP contribution is -2.66. The molecule has 0 saturated carbocycles. The molecule has 0 spiro atoms. The molecule has 0 aliphatic carbocycles. The number of likely N-dealkylation sites (tertiary alicyclic amines) is 1. The van der Waals surface area contributed by atoms with E-state index < -0.39 is 11.8 Å². The van der Waals surface area contributed by atoms with Crippen LogP contribution in [0.4, 0.5) is 0 Å². The van der Waals surface area contributed by atoms with Crippen molar-refractivity contribution >= 4 is 5.97 Å². The Morgan fingerprint density at radius 1 is 1.47 bits per heavy atom. The Morgan fingerprint density at radius 3 is 2.33 bits per heavy atom. The van der Waals surface area contributed by atoms with Crippen molar-refractivity contribution in [3.05, 3.63) is 0 Å². The Kier molecular flexibility index (Phi) is 4.07. The van der Waals surface area contributed by atoms with E-state index in [9.17, 15) is 4.79 Å². The summed E-state index contributed by atoms with van der Waals surface area (Å²) in [5.41, 5.74) is 0. The topological polar surface area (TPSA) is 59.0 Å². The molecular weight excluding hydrogens is 198 g/mol. The van der Waals surface area contributed by atoms with Crippen LogP contribution < -0.4 is 0 Å². The zero-order chi connectivity index (χ0) is 11.5. The number of methoxy groups -OCH3 is 2. The summed E-state index contributed by atoms with van der Waals surface area (Å²) in [4.78, 5) is 12.7. The molecule has 1 heterocycles. The van der Waals surface area contributed by atoms with Crippen molar-refractivity contribution < 1.29 is 19.4 Å². The molecule has 1 unspecified atom stereocenters. The molecule has 88 valence electrons. The highest BCUT2D eigenvalue weighted by Gasteiger charge is 2.46. The molecule has 1 saturated heterocycles. The molecule has 1 aliphatic rings. The van der Waals surface area contributed by atoms with Gasteiger partial charge < -0.3 is 14.6 Å². The van der Waals surface area contributed by atoms with Crippen LogP contribution in [-0.4, -0.2) is 55.1 Å². The molecule has 0 radical (unpaired) electrons. The molecule has 5 heteroatoms. The van der Waals surface area contributed by atoms with Crippen LogP contribution in [0.15, 0.2) is 0 Å². The Labute approximate surface area is 90.0 Å². The molecule has 1 N–H and O–H groups in total. The first kappa shape index (κ1) is 12.4. The first-order valence-electron chi connectivity index (χ1n) is 5.13. The van der Waals surface area contributed by atoms with Crippen molar-refractivity contribution in [3.63, 3.8) is 0 Å². The molecule has 0 aromatic heterocycles. The van der Waals surface area contributed by atoms with Gasteiger partial charge in [0.05, 0.1) is 19.5 Å². The van der Waals surface area contributed by atoms with Gasteiger partial charge >= 0.3 is 5.97 Å². The van der Waals surface area contributed by atoms with Gasteiger partial charge in [0.25, 0.3) is 0 Å². The molecular formula is C10H19NO4. The van der Waals surface area contributed by atoms with Gasteiger partial charge in [0.1, 0.15) is 0 Å². The fraction of sp³-hybridized carbons (Fsp3) is 0.900. The van der Waals surface area contributed by atoms with E-state index in [0.29, 0.717) is 13.1 Å². The van der Waals surface area contributed by atoms with Gasteiger partial charge in [-0.3, -0.25) is 9.69 Å². The van der Waals surface area contributed by atoms with Crippen LogP contribution in [0.25, 0.3) is 0 Å². The third kappa shape index (κ3) is 2.68. The minimum absolute atomic E-state index is 0.0842. The predicted molar refractivity (Wildman–Crippen MR) is 54.7 cm³/mol. The summed E-state index contributed by atoms with van der Waals surface area (Å²) in [6, 6.07) is 0.0842. The second kappa shape index (κ2) is 4.92. The number of carbonyl (C=O) groups is 1. The van der Waals surface area contributed by atoms with Crippen LogP contribution in [0.3, 0.4) is 0 Å². The molecule has 1 rings (SSSR count). The summed E-state index contributed by atoms with van der Waals surface area (Å²) < 4.78 is 10.5. The first-order valence-corrected chi connectivity index (χ1v) is 5.13. The number of hydrogen-bond donors (Lipinski definition) is 1. The summed E-state index contributed by atoms with van der Waals surface area (Å²) in [5.74, 6) is -1.28. The summed E-state index contributed by atoms with van der Waals surface area (Å²) >= 11 is 0. The highest BCUT2D eigenvalue weighted by Crippen LogP contribution is 2.29. The van der Waals surface area contributed by atoms with Gasteiger partial charge in [-0.15, -0.1) is 0 Å². The van der Waals surface area contributed by atoms with E-state index in [-0.39, 0.29) is 12.5 Å². The maximum Gasteiger partial charge on any atom is 0.304 e. The van der Waals surface area contributed by atoms with Gasteiger partial charge in [0.15, 0.2) is 5.79 Å². The van der Waals surface area contributed by atoms with Crippen molar-refractivity contribution in [1.29, 1.82) is 0 Å². The van der Waals surface area contributed by atoms with Gasteiger partial charge in [-0.1, -0.05) is 6.92 Å². The van der Waals surface area contributed by atoms with E-state index in [1.165, 1.54) is 0 Å². The average molecular weight is 217 g/mol. The highest BCUT2D eigenvalue weighted by atomic mass is 16.7. The number of rotatable bonds is 6. The molecule has 15 heavy (non-hydrogen) atoms. The summed E-state index contributed by atoms with van der Waals surface area (Å²) in [6.07, 6.45) is 1.01. The maximum absolute atomic E-state index is 10.6. The molecule has 0 amide bonds. The average Bonchev–Trinajstić information content (AvgIpc) is 2.15. The molecule has 0 aromatic carbocycles. The Morgan fingerprint density at radius 2 is 2.00 bits per heavy atom. The van der Waals surface area contributed by atoms with Crippen molar-refractivity contribution in [2.45, 2.75) is 31.6 Å². The van der Waals surface area contributed by atoms with Crippen LogP contribution in [0, 0.1) is 0 Å². The fourth-order valence-corrected chi connectivity index (χ4v) is 1.91. The van der Waals surface area contributed by atoms with Gasteiger partial charge in [-0.2, -0.15) is 0 Å². The summed E-state index contributed by atoms with van der Waals surface area (Å²) in [7, 11) is 3.22. The number of ether oxygens (including phenoxy) is 2. The van der Waals surface area contributed by atoms with Gasteiger partial charge in [-0.25, -0.2) is 0 Å². The predicted octanol–water partition coefficient (Wildman–Crippen LogP) is 0.544. The van der Waals surface area contributed by atoms with E-state index in [4.69, 9.17) is 14.6 Å². The number of carboxylic acid groups (broad SMARTS) is 1. The molecule has 0 aromatic rings. The van der Waals surface area contributed by atoms with E-state index >= 15 is 0 Å². The zero-order valence-corrected chi connectivity index (χ0v) is 9.52. The van der Waals surface area contributed by atoms with E-state index in [1.807, 2.05) is 6.92 Å². The third-order valence-electron chi connectivity index (χ3n) is 3.03. The summed E-state index contributed by atoms with van der Waals surface area (Å²) in [6.45, 7) is 3.28. The molecule has 1 aliphatic heterocycles. The van der Waals surface area contributed by atoms with Crippen molar-refractivity contribution in [1.82, 2.24) is 4.90 Å². The lowest BCUT2D eigenvalue weighted by atomic mass is 10.00. The maximum atomic E-state index is 10.6. The summed E-state index contributed by atoms with van der Waals surface area (Å²) in [5, 5.41) is 8.74. The monoisotopic (exact) mass is 217 g/mol. The highest BCUT2D eigenvalue weighted by molar-refractivity contribution is 5.67. The smallest absolute Gasteiger partial charge is 0.304 e. The van der Waals surface area contributed by atoms with Crippen LogP contribution in [0.1, 0.15) is 19.8 Å². The lowest BCUT2D eigenvalue weighted by molar-refractivity contribution is -0.282. The van der Waals surface area contributed by atoms with Crippen molar-refractivity contribution in [3.8, 4) is 0 Å². The Hall–Kier alpha value is -0.650. The number of aliphatic carboxylic acids is 1. The van der Waals surface area contributed by atoms with Gasteiger partial charge in [-0.05, 0) is 6.42 Å². The van der Waals surface area contributed by atoms with Crippen molar-refractivity contribution in [2.75, 3.05) is 27.3 Å². The molecule has 5 nitrogen and oxygen atoms in total. The first-order chi connectivity index (χ1) is 7.06. The number of nitrogens with zero attached hydrogens (tertiary/aromatic N) is 1. The largest absolute Gasteiger partial charge is 0.481 e. The quantitative estimate of drug-likeness (QED) is 0.658. The van der Waals surface area contributed by atoms with Crippen LogP contribution in [-0.2, 0) is 14.3 Å². The van der Waals surface area contributed by atoms with Gasteiger partial charge in [0.2, 0.25) is 0 Å². The minimum Gasteiger partial charge on any atom is -0.481 e. The molecule has 0 bridgehead atoms. The Bertz CT molecular complexity index is 219. The van der Waals surface area contributed by atoms with E-state index in [0.717, 1.165) is 6.42 Å². The second-order valence-electron chi connectivity index (χ2n) is 3.88. The van der Waals surface area contributed by atoms with Crippen molar-refractivity contribution in [2.24, 2.45) is 0 Å². The molecule has 1 fully saturated rings. The van der Waals surface area contributed by atoms with Crippen LogP contribution in [0.5, 0.6) is 0 Å². The van der Waals surface area contributed by atoms with Gasteiger partial charge in [0, 0.05) is 20.3 Å². The van der Waals surface area contributed by atoms with Crippen LogP contribution in [0.2, 0.25) is 0 Å². The standard InChI is InChI=1S/C10H19NO4/c1-4-8(5-9(12)13)11-6-10(7-11,14-2)15-3/h8H,4-7H2,1-3H3,(H,12,13). The van der Waals surface area contributed by atoms with E-state index in [1.54, 1.807) is 14.2 Å². The van der Waals surface area contributed by atoms with Crippen LogP contribution >= 0.6 is 0 Å². The number of carboxylic acids is 1. The molecule has 1 atom stereocenters. The Balaban J connectivity index is 2.44. The lowest BCUT2D eigenvalue weighted by Gasteiger charge is -2.50. The minimum atomic E-state index is -0.755. The fourth-order valence-electron chi connectivity index (χ4n) is 1.91.